The molecular weight excluding hydrogens is 267 g/mol. The number of alkyl halides is 3. The van der Waals surface area contributed by atoms with E-state index in [-0.39, 0.29) is 23.8 Å². The maximum absolute atomic E-state index is 13.0. The van der Waals surface area contributed by atoms with Crippen LogP contribution in [0.5, 0.6) is 0 Å². The first kappa shape index (κ1) is 13.9. The molecule has 20 heavy (non-hydrogen) atoms. The minimum absolute atomic E-state index is 0.00570. The summed E-state index contributed by atoms with van der Waals surface area (Å²) in [6, 6.07) is 6.68. The second-order valence-corrected chi connectivity index (χ2v) is 3.87. The van der Waals surface area contributed by atoms with Crippen LogP contribution in [0.15, 0.2) is 36.5 Å². The fourth-order valence-electron chi connectivity index (χ4n) is 1.68. The van der Waals surface area contributed by atoms with Gasteiger partial charge in [0.15, 0.2) is 0 Å². The number of nitrogens with one attached hydrogen (secondary N) is 1. The van der Waals surface area contributed by atoms with Gasteiger partial charge >= 0.3 is 6.18 Å². The molecule has 0 spiro atoms. The van der Waals surface area contributed by atoms with Crippen molar-refractivity contribution < 1.29 is 13.2 Å². The van der Waals surface area contributed by atoms with Crippen LogP contribution in [-0.4, -0.2) is 16.5 Å². The van der Waals surface area contributed by atoms with Crippen molar-refractivity contribution in [2.45, 2.75) is 6.18 Å². The lowest BCUT2D eigenvalue weighted by atomic mass is 10.0. The average molecular weight is 277 g/mol. The summed E-state index contributed by atoms with van der Waals surface area (Å²) in [5.41, 5.74) is -0.541. The van der Waals surface area contributed by atoms with E-state index in [4.69, 9.17) is 6.42 Å². The van der Waals surface area contributed by atoms with E-state index in [1.807, 2.05) is 0 Å². The van der Waals surface area contributed by atoms with Crippen LogP contribution in [0.4, 0.5) is 19.1 Å². The summed E-state index contributed by atoms with van der Waals surface area (Å²) in [6.07, 6.45) is 2.04. The molecule has 102 valence electrons. The zero-order valence-electron chi connectivity index (χ0n) is 10.3. The van der Waals surface area contributed by atoms with Gasteiger partial charge in [0.25, 0.3) is 0 Å². The highest BCUT2D eigenvalue weighted by molar-refractivity contribution is 5.65. The summed E-state index contributed by atoms with van der Waals surface area (Å²) in [6.45, 7) is 0.199. The number of hydrogen-bond acceptors (Lipinski definition) is 3. The molecule has 1 heterocycles. The Labute approximate surface area is 113 Å². The number of terminal acetylenes is 1. The zero-order chi connectivity index (χ0) is 14.6. The topological polar surface area (TPSA) is 37.8 Å². The van der Waals surface area contributed by atoms with Crippen molar-refractivity contribution in [2.24, 2.45) is 0 Å². The van der Waals surface area contributed by atoms with Gasteiger partial charge in [-0.15, -0.1) is 6.42 Å². The first-order valence-electron chi connectivity index (χ1n) is 5.69. The van der Waals surface area contributed by atoms with E-state index in [2.05, 4.69) is 21.2 Å². The predicted octanol–water partition coefficient (Wildman–Crippen LogP) is 3.21. The molecule has 0 aliphatic rings. The van der Waals surface area contributed by atoms with Gasteiger partial charge < -0.3 is 5.32 Å². The van der Waals surface area contributed by atoms with Crippen LogP contribution in [0.1, 0.15) is 5.56 Å². The molecule has 0 fully saturated rings. The van der Waals surface area contributed by atoms with Gasteiger partial charge in [-0.2, -0.15) is 13.2 Å². The highest BCUT2D eigenvalue weighted by atomic mass is 19.4. The van der Waals surface area contributed by atoms with Crippen molar-refractivity contribution in [3.63, 3.8) is 0 Å². The fraction of sp³-hybridized carbons (Fsp3) is 0.143. The summed E-state index contributed by atoms with van der Waals surface area (Å²) in [5, 5.41) is 2.72. The second kappa shape index (κ2) is 5.61. The van der Waals surface area contributed by atoms with Crippen molar-refractivity contribution in [1.29, 1.82) is 0 Å². The Morgan fingerprint density at radius 3 is 2.65 bits per heavy atom. The highest BCUT2D eigenvalue weighted by Gasteiger charge is 2.33. The maximum Gasteiger partial charge on any atom is 0.417 e. The largest absolute Gasteiger partial charge is 0.417 e. The monoisotopic (exact) mass is 277 g/mol. The Morgan fingerprint density at radius 2 is 1.95 bits per heavy atom. The third-order valence-corrected chi connectivity index (χ3v) is 2.51. The second-order valence-electron chi connectivity index (χ2n) is 3.87. The molecule has 1 aromatic carbocycles. The number of nitrogens with zero attached hydrogens (tertiary/aromatic N) is 2. The summed E-state index contributed by atoms with van der Waals surface area (Å²) in [7, 11) is 0. The van der Waals surface area contributed by atoms with Gasteiger partial charge in [-0.25, -0.2) is 9.97 Å². The number of aromatic nitrogens is 2. The molecule has 1 N–H and O–H groups in total. The van der Waals surface area contributed by atoms with Gasteiger partial charge in [0.1, 0.15) is 0 Å². The molecular formula is C14H10F3N3. The van der Waals surface area contributed by atoms with Crippen LogP contribution in [0.3, 0.4) is 0 Å². The Morgan fingerprint density at radius 1 is 1.20 bits per heavy atom. The average Bonchev–Trinajstić information content (AvgIpc) is 2.44. The molecule has 2 aromatic rings. The minimum Gasteiger partial charge on any atom is -0.343 e. The van der Waals surface area contributed by atoms with Gasteiger partial charge in [-0.05, 0) is 12.1 Å². The lowest BCUT2D eigenvalue weighted by molar-refractivity contribution is -0.137. The first-order valence-corrected chi connectivity index (χ1v) is 5.69. The van der Waals surface area contributed by atoms with Crippen molar-refractivity contribution in [3.8, 4) is 23.6 Å². The fourth-order valence-corrected chi connectivity index (χ4v) is 1.68. The van der Waals surface area contributed by atoms with E-state index in [1.165, 1.54) is 30.5 Å². The Balaban J connectivity index is 2.45. The zero-order valence-corrected chi connectivity index (χ0v) is 10.3. The van der Waals surface area contributed by atoms with Gasteiger partial charge in [-0.3, -0.25) is 0 Å². The normalized spacial score (nSPS) is 10.9. The molecule has 0 saturated carbocycles. The van der Waals surface area contributed by atoms with Crippen LogP contribution in [0.25, 0.3) is 11.3 Å². The third-order valence-electron chi connectivity index (χ3n) is 2.51. The summed E-state index contributed by atoms with van der Waals surface area (Å²) >= 11 is 0. The summed E-state index contributed by atoms with van der Waals surface area (Å²) < 4.78 is 38.9. The highest BCUT2D eigenvalue weighted by Crippen LogP contribution is 2.36. The molecule has 2 rings (SSSR count). The van der Waals surface area contributed by atoms with E-state index < -0.39 is 11.7 Å². The van der Waals surface area contributed by atoms with E-state index in [1.54, 1.807) is 0 Å². The maximum atomic E-state index is 13.0. The smallest absolute Gasteiger partial charge is 0.343 e. The van der Waals surface area contributed by atoms with Crippen molar-refractivity contribution in [3.05, 3.63) is 42.1 Å². The van der Waals surface area contributed by atoms with Crippen LogP contribution in [0.2, 0.25) is 0 Å². The molecule has 0 radical (unpaired) electrons. The quantitative estimate of drug-likeness (QED) is 0.875. The lowest BCUT2D eigenvalue weighted by Gasteiger charge is -2.12. The standard InChI is InChI=1S/C14H10F3N3/c1-2-8-18-13-19-9-7-12(20-13)10-5-3-4-6-11(10)14(15,16)17/h1,3-7,9H,8H2,(H,18,19,20). The molecule has 0 saturated heterocycles. The van der Waals surface area contributed by atoms with Crippen molar-refractivity contribution >= 4 is 5.95 Å². The number of halogens is 3. The van der Waals surface area contributed by atoms with Gasteiger partial charge in [-0.1, -0.05) is 24.1 Å². The molecule has 0 unspecified atom stereocenters. The summed E-state index contributed by atoms with van der Waals surface area (Å²) in [5.74, 6) is 2.53. The SMILES string of the molecule is C#CCNc1nccc(-c2ccccc2C(F)(F)F)n1. The summed E-state index contributed by atoms with van der Waals surface area (Å²) in [4.78, 5) is 7.93. The molecule has 1 aromatic heterocycles. The van der Waals surface area contributed by atoms with E-state index in [0.29, 0.717) is 0 Å². The van der Waals surface area contributed by atoms with Crippen LogP contribution in [-0.2, 0) is 6.18 Å². The predicted molar refractivity (Wildman–Crippen MR) is 69.8 cm³/mol. The first-order chi connectivity index (χ1) is 9.52. The van der Waals surface area contributed by atoms with Crippen LogP contribution < -0.4 is 5.32 Å². The molecule has 0 amide bonds. The molecule has 0 atom stereocenters. The van der Waals surface area contributed by atoms with Crippen molar-refractivity contribution in [1.82, 2.24) is 9.97 Å². The number of hydrogen-bond donors (Lipinski definition) is 1. The van der Waals surface area contributed by atoms with E-state index >= 15 is 0 Å². The van der Waals surface area contributed by atoms with Crippen LogP contribution >= 0.6 is 0 Å². The Kier molecular flexibility index (Phi) is 3.89. The van der Waals surface area contributed by atoms with Gasteiger partial charge in [0.2, 0.25) is 5.95 Å². The number of rotatable bonds is 3. The van der Waals surface area contributed by atoms with Crippen LogP contribution in [0, 0.1) is 12.3 Å². The van der Waals surface area contributed by atoms with Gasteiger partial charge in [0.05, 0.1) is 17.8 Å². The van der Waals surface area contributed by atoms with E-state index in [9.17, 15) is 13.2 Å². The minimum atomic E-state index is -4.44. The van der Waals surface area contributed by atoms with E-state index in [0.717, 1.165) is 6.07 Å². The molecule has 0 aliphatic carbocycles. The molecule has 0 aliphatic heterocycles. The molecule has 0 bridgehead atoms. The molecule has 3 nitrogen and oxygen atoms in total. The number of benzene rings is 1. The van der Waals surface area contributed by atoms with Gasteiger partial charge in [0, 0.05) is 11.8 Å². The number of anilines is 1. The third kappa shape index (κ3) is 3.06. The Hall–Kier alpha value is -2.55. The lowest BCUT2D eigenvalue weighted by Crippen LogP contribution is -2.08. The Bertz CT molecular complexity index is 645. The molecule has 6 heteroatoms. The van der Waals surface area contributed by atoms with Crippen molar-refractivity contribution in [2.75, 3.05) is 11.9 Å².